The Morgan fingerprint density at radius 3 is 2.78 bits per heavy atom. The highest BCUT2D eigenvalue weighted by atomic mass is 32.1. The van der Waals surface area contributed by atoms with E-state index in [2.05, 4.69) is 28.6 Å². The topological polar surface area (TPSA) is 101 Å². The first-order valence-corrected chi connectivity index (χ1v) is 11.9. The normalized spacial score (nSPS) is 19.7. The summed E-state index contributed by atoms with van der Waals surface area (Å²) in [5.41, 5.74) is 0.791. The fraction of sp³-hybridized carbons (Fsp3) is 0.478. The van der Waals surface area contributed by atoms with E-state index in [9.17, 15) is 14.9 Å². The predicted octanol–water partition coefficient (Wildman–Crippen LogP) is 3.05. The van der Waals surface area contributed by atoms with Crippen molar-refractivity contribution >= 4 is 44.9 Å². The monoisotopic (exact) mass is 452 g/mol. The third-order valence-electron chi connectivity index (χ3n) is 5.90. The van der Waals surface area contributed by atoms with Crippen molar-refractivity contribution in [1.82, 2.24) is 15.1 Å². The van der Waals surface area contributed by atoms with Gasteiger partial charge in [0.05, 0.1) is 6.54 Å². The molecule has 2 fully saturated rings. The van der Waals surface area contributed by atoms with E-state index < -0.39 is 6.04 Å². The van der Waals surface area contributed by atoms with E-state index in [1.807, 2.05) is 29.3 Å². The number of nitrogens with zero attached hydrogens (tertiary/aromatic N) is 4. The molecule has 168 valence electrons. The summed E-state index contributed by atoms with van der Waals surface area (Å²) in [7, 11) is 0. The molecule has 1 aromatic carbocycles. The number of anilines is 1. The first-order valence-electron chi connectivity index (χ1n) is 11.1. The van der Waals surface area contributed by atoms with E-state index in [4.69, 9.17) is 0 Å². The van der Waals surface area contributed by atoms with Crippen molar-refractivity contribution in [2.24, 2.45) is 4.99 Å². The summed E-state index contributed by atoms with van der Waals surface area (Å²) in [6, 6.07) is 7.46. The zero-order valence-electron chi connectivity index (χ0n) is 18.3. The van der Waals surface area contributed by atoms with Crippen molar-refractivity contribution in [3.8, 4) is 6.19 Å². The summed E-state index contributed by atoms with van der Waals surface area (Å²) in [6.07, 6.45) is 6.23. The van der Waals surface area contributed by atoms with Crippen LogP contribution < -0.4 is 10.6 Å². The van der Waals surface area contributed by atoms with Gasteiger partial charge in [-0.25, -0.2) is 4.99 Å². The van der Waals surface area contributed by atoms with Gasteiger partial charge in [-0.1, -0.05) is 0 Å². The highest BCUT2D eigenvalue weighted by Crippen LogP contribution is 2.27. The fourth-order valence-electron chi connectivity index (χ4n) is 4.29. The number of aryl methyl sites for hydroxylation is 1. The Bertz CT molecular complexity index is 1070. The second kappa shape index (κ2) is 10.0. The van der Waals surface area contributed by atoms with Crippen LogP contribution in [-0.4, -0.2) is 59.8 Å². The average molecular weight is 453 g/mol. The number of nitriles is 1. The molecular formula is C23H28N6O2S. The number of hydrogen-bond donors (Lipinski definition) is 2. The maximum Gasteiger partial charge on any atom is 0.247 e. The summed E-state index contributed by atoms with van der Waals surface area (Å²) >= 11 is 1.73. The lowest BCUT2D eigenvalue weighted by atomic mass is 10.1. The third-order valence-corrected chi connectivity index (χ3v) is 6.93. The van der Waals surface area contributed by atoms with Crippen LogP contribution in [0.15, 0.2) is 29.3 Å². The van der Waals surface area contributed by atoms with E-state index in [0.717, 1.165) is 49.8 Å². The van der Waals surface area contributed by atoms with Gasteiger partial charge in [0.25, 0.3) is 0 Å². The quantitative estimate of drug-likeness (QED) is 0.321. The van der Waals surface area contributed by atoms with Crippen LogP contribution in [0.3, 0.4) is 0 Å². The minimum absolute atomic E-state index is 0.00772. The number of nitrogens with one attached hydrogen (secondary N) is 2. The van der Waals surface area contributed by atoms with Crippen LogP contribution in [0.1, 0.15) is 37.0 Å². The Morgan fingerprint density at radius 1 is 1.22 bits per heavy atom. The van der Waals surface area contributed by atoms with Gasteiger partial charge in [0, 0.05) is 34.9 Å². The Hall–Kier alpha value is -3.12. The molecule has 0 spiro atoms. The van der Waals surface area contributed by atoms with Gasteiger partial charge in [0.1, 0.15) is 6.04 Å². The molecule has 2 aliphatic heterocycles. The maximum atomic E-state index is 13.2. The van der Waals surface area contributed by atoms with Crippen molar-refractivity contribution in [2.75, 3.05) is 31.5 Å². The number of benzene rings is 1. The number of amides is 2. The van der Waals surface area contributed by atoms with Crippen molar-refractivity contribution in [3.63, 3.8) is 0 Å². The van der Waals surface area contributed by atoms with Gasteiger partial charge in [-0.3, -0.25) is 14.9 Å². The molecule has 0 aliphatic carbocycles. The smallest absolute Gasteiger partial charge is 0.247 e. The van der Waals surface area contributed by atoms with E-state index >= 15 is 0 Å². The summed E-state index contributed by atoms with van der Waals surface area (Å²) in [5.74, 6) is 0.0937. The van der Waals surface area contributed by atoms with Gasteiger partial charge in [-0.2, -0.15) is 5.26 Å². The summed E-state index contributed by atoms with van der Waals surface area (Å²) in [4.78, 5) is 35.0. The maximum absolute atomic E-state index is 13.2. The SMILES string of the molecule is Cc1cc2cc(NC(=NC3CCCCN(CC(=O)N4CCCC4)C3=O)NC#N)ccc2s1. The van der Waals surface area contributed by atoms with Crippen LogP contribution >= 0.6 is 11.3 Å². The van der Waals surface area contributed by atoms with Crippen molar-refractivity contribution in [3.05, 3.63) is 29.1 Å². The summed E-state index contributed by atoms with van der Waals surface area (Å²) in [5, 5.41) is 16.0. The molecule has 4 rings (SSSR count). The number of rotatable bonds is 4. The van der Waals surface area contributed by atoms with Crippen molar-refractivity contribution in [1.29, 1.82) is 5.26 Å². The number of carbonyl (C=O) groups is 2. The van der Waals surface area contributed by atoms with Gasteiger partial charge in [-0.05, 0) is 68.7 Å². The average Bonchev–Trinajstić information content (AvgIpc) is 3.39. The van der Waals surface area contributed by atoms with Gasteiger partial charge in [0.15, 0.2) is 6.19 Å². The zero-order chi connectivity index (χ0) is 22.5. The number of thiophene rings is 1. The molecular weight excluding hydrogens is 424 g/mol. The van der Waals surface area contributed by atoms with Crippen LogP contribution in [0.25, 0.3) is 10.1 Å². The van der Waals surface area contributed by atoms with Crippen LogP contribution in [0.2, 0.25) is 0 Å². The first-order chi connectivity index (χ1) is 15.5. The highest BCUT2D eigenvalue weighted by molar-refractivity contribution is 7.19. The molecule has 3 heterocycles. The van der Waals surface area contributed by atoms with Crippen LogP contribution in [-0.2, 0) is 9.59 Å². The molecule has 1 unspecified atom stereocenters. The largest absolute Gasteiger partial charge is 0.341 e. The van der Waals surface area contributed by atoms with E-state index in [-0.39, 0.29) is 24.3 Å². The van der Waals surface area contributed by atoms with E-state index in [1.165, 1.54) is 9.58 Å². The number of guanidine groups is 1. The number of hydrogen-bond acceptors (Lipinski definition) is 5. The lowest BCUT2D eigenvalue weighted by Crippen LogP contribution is -2.45. The number of likely N-dealkylation sites (tertiary alicyclic amines) is 2. The van der Waals surface area contributed by atoms with Crippen LogP contribution in [0.5, 0.6) is 0 Å². The van der Waals surface area contributed by atoms with E-state index in [0.29, 0.717) is 13.0 Å². The number of aliphatic imine (C=N–C) groups is 1. The highest BCUT2D eigenvalue weighted by Gasteiger charge is 2.30. The molecule has 0 saturated carbocycles. The Morgan fingerprint density at radius 2 is 2.00 bits per heavy atom. The van der Waals surface area contributed by atoms with Crippen molar-refractivity contribution in [2.45, 2.75) is 45.1 Å². The van der Waals surface area contributed by atoms with E-state index in [1.54, 1.807) is 16.2 Å². The number of fused-ring (bicyclic) bond motifs is 1. The van der Waals surface area contributed by atoms with Gasteiger partial charge in [-0.15, -0.1) is 11.3 Å². The van der Waals surface area contributed by atoms with Gasteiger partial charge < -0.3 is 15.1 Å². The third kappa shape index (κ3) is 5.19. The molecule has 2 N–H and O–H groups in total. The van der Waals surface area contributed by atoms with Crippen LogP contribution in [0.4, 0.5) is 5.69 Å². The molecule has 2 saturated heterocycles. The Labute approximate surface area is 191 Å². The molecule has 2 amide bonds. The second-order valence-corrected chi connectivity index (χ2v) is 9.60. The molecule has 2 aliphatic rings. The lowest BCUT2D eigenvalue weighted by molar-refractivity contribution is -0.140. The van der Waals surface area contributed by atoms with Crippen LogP contribution in [0, 0.1) is 18.4 Å². The zero-order valence-corrected chi connectivity index (χ0v) is 19.1. The summed E-state index contributed by atoms with van der Waals surface area (Å²) < 4.78 is 1.19. The summed E-state index contributed by atoms with van der Waals surface area (Å²) in [6.45, 7) is 4.29. The molecule has 0 radical (unpaired) electrons. The molecule has 1 atom stereocenters. The minimum atomic E-state index is -0.626. The predicted molar refractivity (Wildman–Crippen MR) is 126 cm³/mol. The van der Waals surface area contributed by atoms with Gasteiger partial charge in [0.2, 0.25) is 17.8 Å². The molecule has 0 bridgehead atoms. The standard InChI is InChI=1S/C23H28N6O2S/c1-16-12-17-13-18(7-8-20(17)32-16)26-23(25-15-24)27-19-6-2-3-11-29(22(19)31)14-21(30)28-9-4-5-10-28/h7-8,12-13,19H,2-6,9-11,14H2,1H3,(H2,25,26,27). The molecule has 9 heteroatoms. The fourth-order valence-corrected chi connectivity index (χ4v) is 5.19. The lowest BCUT2D eigenvalue weighted by Gasteiger charge is -2.25. The first kappa shape index (κ1) is 22.1. The number of carbonyl (C=O) groups excluding carboxylic acids is 2. The Balaban J connectivity index is 1.49. The minimum Gasteiger partial charge on any atom is -0.341 e. The molecule has 32 heavy (non-hydrogen) atoms. The Kier molecular flexibility index (Phi) is 6.90. The molecule has 8 nitrogen and oxygen atoms in total. The van der Waals surface area contributed by atoms with Crippen molar-refractivity contribution < 1.29 is 9.59 Å². The molecule has 2 aromatic rings. The van der Waals surface area contributed by atoms with Gasteiger partial charge >= 0.3 is 0 Å². The second-order valence-electron chi connectivity index (χ2n) is 8.31. The molecule has 1 aromatic heterocycles.